The van der Waals surface area contributed by atoms with Crippen molar-refractivity contribution in [1.82, 2.24) is 20.4 Å². The summed E-state index contributed by atoms with van der Waals surface area (Å²) in [5.74, 6) is 0.557. The summed E-state index contributed by atoms with van der Waals surface area (Å²) in [6, 6.07) is 4.65. The minimum Gasteiger partial charge on any atom is -0.344 e. The summed E-state index contributed by atoms with van der Waals surface area (Å²) >= 11 is 0. The van der Waals surface area contributed by atoms with Crippen molar-refractivity contribution in [2.45, 2.75) is 19.8 Å². The van der Waals surface area contributed by atoms with E-state index >= 15 is 0 Å². The molecular weight excluding hydrogens is 299 g/mol. The summed E-state index contributed by atoms with van der Waals surface area (Å²) in [5, 5.41) is 6.88. The van der Waals surface area contributed by atoms with Crippen molar-refractivity contribution in [3.8, 4) is 11.4 Å². The first-order chi connectivity index (χ1) is 11.0. The smallest absolute Gasteiger partial charge is 0.227 e. The highest BCUT2D eigenvalue weighted by atomic mass is 19.1. The van der Waals surface area contributed by atoms with Crippen molar-refractivity contribution in [3.63, 3.8) is 0 Å². The number of carbonyl (C=O) groups excluding carboxylic acids is 1. The van der Waals surface area contributed by atoms with Crippen molar-refractivity contribution in [2.24, 2.45) is 0 Å². The molecule has 1 aromatic carbocycles. The lowest BCUT2D eigenvalue weighted by Crippen LogP contribution is -2.32. The van der Waals surface area contributed by atoms with Crippen LogP contribution in [0.4, 0.5) is 4.39 Å². The first-order valence-electron chi connectivity index (χ1n) is 7.49. The first-order valence-corrected chi connectivity index (χ1v) is 7.49. The molecule has 0 aliphatic rings. The van der Waals surface area contributed by atoms with Crippen LogP contribution in [0.25, 0.3) is 11.4 Å². The Morgan fingerprint density at radius 3 is 2.91 bits per heavy atom. The van der Waals surface area contributed by atoms with E-state index in [1.54, 1.807) is 31.0 Å². The molecule has 0 fully saturated rings. The molecule has 2 rings (SSSR count). The molecule has 23 heavy (non-hydrogen) atoms. The van der Waals surface area contributed by atoms with Gasteiger partial charge in [0.2, 0.25) is 17.6 Å². The predicted molar refractivity (Wildman–Crippen MR) is 84.3 cm³/mol. The van der Waals surface area contributed by atoms with Crippen molar-refractivity contribution >= 4 is 5.91 Å². The molecule has 0 unspecified atom stereocenters. The van der Waals surface area contributed by atoms with Gasteiger partial charge in [0.05, 0.1) is 0 Å². The minimum absolute atomic E-state index is 0.0256. The van der Waals surface area contributed by atoms with Crippen LogP contribution < -0.4 is 5.32 Å². The number of likely N-dealkylation sites (N-methyl/N-ethyl adjacent to an activating group) is 2. The maximum absolute atomic E-state index is 13.3. The molecule has 0 bridgehead atoms. The fourth-order valence-corrected chi connectivity index (χ4v) is 2.07. The van der Waals surface area contributed by atoms with Crippen molar-refractivity contribution < 1.29 is 13.7 Å². The number of hydrogen-bond donors (Lipinski definition) is 1. The van der Waals surface area contributed by atoms with Gasteiger partial charge in [0.15, 0.2) is 0 Å². The van der Waals surface area contributed by atoms with E-state index in [1.165, 1.54) is 6.07 Å². The van der Waals surface area contributed by atoms with Gasteiger partial charge in [-0.3, -0.25) is 4.79 Å². The maximum atomic E-state index is 13.3. The van der Waals surface area contributed by atoms with Gasteiger partial charge in [-0.15, -0.1) is 0 Å². The molecule has 6 nitrogen and oxygen atoms in total. The molecule has 0 saturated carbocycles. The molecule has 0 aliphatic carbocycles. The Balaban J connectivity index is 1.94. The number of aryl methyl sites for hydroxylation is 2. The summed E-state index contributed by atoms with van der Waals surface area (Å²) in [6.07, 6.45) is 0.695. The normalized spacial score (nSPS) is 10.8. The lowest BCUT2D eigenvalue weighted by Gasteiger charge is -2.16. The average Bonchev–Trinajstić information content (AvgIpc) is 3.01. The van der Waals surface area contributed by atoms with Gasteiger partial charge < -0.3 is 14.7 Å². The minimum atomic E-state index is -0.271. The molecule has 1 amide bonds. The molecule has 124 valence electrons. The SMILES string of the molecule is CNCCN(C)C(=O)CCc1nc(-c2ccc(F)c(C)c2)no1. The van der Waals surface area contributed by atoms with Gasteiger partial charge in [-0.05, 0) is 37.7 Å². The summed E-state index contributed by atoms with van der Waals surface area (Å²) < 4.78 is 18.4. The van der Waals surface area contributed by atoms with Gasteiger partial charge in [0.1, 0.15) is 5.82 Å². The average molecular weight is 320 g/mol. The standard InChI is InChI=1S/C16H21FN4O2/c1-11-10-12(4-5-13(11)17)16-19-14(23-20-16)6-7-15(22)21(3)9-8-18-2/h4-5,10,18H,6-9H2,1-3H3. The number of benzene rings is 1. The van der Waals surface area contributed by atoms with Crippen LogP contribution in [0.5, 0.6) is 0 Å². The summed E-state index contributed by atoms with van der Waals surface area (Å²) in [5.41, 5.74) is 1.21. The van der Waals surface area contributed by atoms with Gasteiger partial charge in [0.25, 0.3) is 0 Å². The molecule has 0 atom stereocenters. The Labute approximate surface area is 134 Å². The highest BCUT2D eigenvalue weighted by Crippen LogP contribution is 2.19. The van der Waals surface area contributed by atoms with Crippen molar-refractivity contribution in [3.05, 3.63) is 35.5 Å². The third kappa shape index (κ3) is 4.59. The van der Waals surface area contributed by atoms with E-state index in [1.807, 2.05) is 7.05 Å². The van der Waals surface area contributed by atoms with E-state index in [-0.39, 0.29) is 11.7 Å². The van der Waals surface area contributed by atoms with Crippen LogP contribution in [-0.2, 0) is 11.2 Å². The molecule has 1 N–H and O–H groups in total. The third-order valence-electron chi connectivity index (χ3n) is 3.56. The topological polar surface area (TPSA) is 71.3 Å². The number of aromatic nitrogens is 2. The fourth-order valence-electron chi connectivity index (χ4n) is 2.07. The number of rotatable bonds is 7. The molecule has 1 heterocycles. The molecule has 1 aromatic heterocycles. The van der Waals surface area contributed by atoms with Crippen molar-refractivity contribution in [1.29, 1.82) is 0 Å². The zero-order chi connectivity index (χ0) is 16.8. The maximum Gasteiger partial charge on any atom is 0.227 e. The summed E-state index contributed by atoms with van der Waals surface area (Å²) in [4.78, 5) is 17.9. The van der Waals surface area contributed by atoms with Crippen LogP contribution in [0.3, 0.4) is 0 Å². The molecule has 0 spiro atoms. The number of nitrogens with zero attached hydrogens (tertiary/aromatic N) is 3. The second kappa shape index (κ2) is 7.82. The van der Waals surface area contributed by atoms with Crippen LogP contribution in [0.2, 0.25) is 0 Å². The van der Waals surface area contributed by atoms with E-state index in [0.717, 1.165) is 6.54 Å². The molecule has 0 aliphatic heterocycles. The van der Waals surface area contributed by atoms with Crippen LogP contribution in [0.1, 0.15) is 17.9 Å². The Morgan fingerprint density at radius 2 is 2.22 bits per heavy atom. The van der Waals surface area contributed by atoms with Crippen LogP contribution >= 0.6 is 0 Å². The molecule has 0 saturated heterocycles. The van der Waals surface area contributed by atoms with Crippen LogP contribution in [-0.4, -0.2) is 48.1 Å². The van der Waals surface area contributed by atoms with Gasteiger partial charge in [0, 0.05) is 38.5 Å². The van der Waals surface area contributed by atoms with E-state index in [0.29, 0.717) is 42.2 Å². The second-order valence-corrected chi connectivity index (χ2v) is 5.39. The van der Waals surface area contributed by atoms with Gasteiger partial charge >= 0.3 is 0 Å². The van der Waals surface area contributed by atoms with Gasteiger partial charge in [-0.25, -0.2) is 4.39 Å². The molecule has 0 radical (unpaired) electrons. The van der Waals surface area contributed by atoms with Gasteiger partial charge in [-0.1, -0.05) is 5.16 Å². The number of amides is 1. The monoisotopic (exact) mass is 320 g/mol. The van der Waals surface area contributed by atoms with E-state index in [9.17, 15) is 9.18 Å². The highest BCUT2D eigenvalue weighted by Gasteiger charge is 2.13. The Hall–Kier alpha value is -2.28. The lowest BCUT2D eigenvalue weighted by molar-refractivity contribution is -0.129. The second-order valence-electron chi connectivity index (χ2n) is 5.39. The number of carbonyl (C=O) groups is 1. The number of halogens is 1. The Kier molecular flexibility index (Phi) is 5.81. The van der Waals surface area contributed by atoms with E-state index in [4.69, 9.17) is 4.52 Å². The molecular formula is C16H21FN4O2. The Bertz CT molecular complexity index is 672. The lowest BCUT2D eigenvalue weighted by atomic mass is 10.1. The highest BCUT2D eigenvalue weighted by molar-refractivity contribution is 5.76. The zero-order valence-corrected chi connectivity index (χ0v) is 13.6. The van der Waals surface area contributed by atoms with E-state index in [2.05, 4.69) is 15.5 Å². The van der Waals surface area contributed by atoms with Crippen LogP contribution in [0, 0.1) is 12.7 Å². The summed E-state index contributed by atoms with van der Waals surface area (Å²) in [6.45, 7) is 3.08. The largest absolute Gasteiger partial charge is 0.344 e. The Morgan fingerprint density at radius 1 is 1.43 bits per heavy atom. The quantitative estimate of drug-likeness (QED) is 0.842. The predicted octanol–water partition coefficient (Wildman–Crippen LogP) is 1.79. The van der Waals surface area contributed by atoms with Crippen LogP contribution in [0.15, 0.2) is 22.7 Å². The zero-order valence-electron chi connectivity index (χ0n) is 13.6. The van der Waals surface area contributed by atoms with Gasteiger partial charge in [-0.2, -0.15) is 4.98 Å². The number of nitrogens with one attached hydrogen (secondary N) is 1. The molecule has 2 aromatic rings. The third-order valence-corrected chi connectivity index (χ3v) is 3.56. The van der Waals surface area contributed by atoms with Crippen molar-refractivity contribution in [2.75, 3.05) is 27.2 Å². The number of hydrogen-bond acceptors (Lipinski definition) is 5. The first kappa shape index (κ1) is 17.1. The summed E-state index contributed by atoms with van der Waals surface area (Å²) in [7, 11) is 3.61. The van der Waals surface area contributed by atoms with E-state index < -0.39 is 0 Å². The molecule has 7 heteroatoms. The fraction of sp³-hybridized carbons (Fsp3) is 0.438.